The summed E-state index contributed by atoms with van der Waals surface area (Å²) in [5.74, 6) is 0. The van der Waals surface area contributed by atoms with E-state index in [-0.39, 0.29) is 11.5 Å². The Morgan fingerprint density at radius 1 is 1.35 bits per heavy atom. The molecule has 1 atom stereocenters. The molecule has 1 fully saturated rings. The van der Waals surface area contributed by atoms with Gasteiger partial charge in [0.1, 0.15) is 0 Å². The van der Waals surface area contributed by atoms with E-state index in [2.05, 4.69) is 41.1 Å². The molecule has 1 aromatic carbocycles. The highest BCUT2D eigenvalue weighted by atomic mass is 15.2. The predicted molar refractivity (Wildman–Crippen MR) is 71.7 cm³/mol. The van der Waals surface area contributed by atoms with Gasteiger partial charge in [-0.2, -0.15) is 0 Å². The first-order valence-corrected chi connectivity index (χ1v) is 6.36. The van der Waals surface area contributed by atoms with Gasteiger partial charge in [0.2, 0.25) is 0 Å². The molecular weight excluding hydrogens is 210 g/mol. The van der Waals surface area contributed by atoms with Gasteiger partial charge in [0.25, 0.3) is 0 Å². The molecule has 1 heterocycles. The van der Waals surface area contributed by atoms with Gasteiger partial charge < -0.3 is 10.6 Å². The summed E-state index contributed by atoms with van der Waals surface area (Å²) in [5, 5.41) is 0. The molecule has 3 nitrogen and oxygen atoms in total. The van der Waals surface area contributed by atoms with Crippen molar-refractivity contribution in [3.05, 3.63) is 29.8 Å². The van der Waals surface area contributed by atoms with Crippen LogP contribution in [0.3, 0.4) is 0 Å². The monoisotopic (exact) mass is 229 g/mol. The molecular formula is C14H19N3. The van der Waals surface area contributed by atoms with Crippen LogP contribution in [-0.2, 0) is 5.41 Å². The molecule has 0 radical (unpaired) electrons. The fourth-order valence-electron chi connectivity index (χ4n) is 2.81. The zero-order chi connectivity index (χ0) is 11.9. The molecule has 0 amide bonds. The van der Waals surface area contributed by atoms with E-state index in [4.69, 9.17) is 5.73 Å². The van der Waals surface area contributed by atoms with Crippen LogP contribution < -0.4 is 10.6 Å². The average Bonchev–Trinajstić information content (AvgIpc) is 2.98. The van der Waals surface area contributed by atoms with Crippen LogP contribution in [0.1, 0.15) is 25.3 Å². The van der Waals surface area contributed by atoms with Crippen LogP contribution in [0.4, 0.5) is 5.69 Å². The highest BCUT2D eigenvalue weighted by Crippen LogP contribution is 2.53. The van der Waals surface area contributed by atoms with E-state index in [0.29, 0.717) is 0 Å². The molecule has 0 saturated heterocycles. The average molecular weight is 229 g/mol. The zero-order valence-electron chi connectivity index (χ0n) is 10.3. The van der Waals surface area contributed by atoms with Crippen molar-refractivity contribution < 1.29 is 0 Å². The van der Waals surface area contributed by atoms with Crippen LogP contribution in [0.5, 0.6) is 0 Å². The lowest BCUT2D eigenvalue weighted by molar-refractivity contribution is 0.557. The molecule has 2 N–H and O–H groups in total. The van der Waals surface area contributed by atoms with Crippen LogP contribution in [0.15, 0.2) is 29.3 Å². The molecule has 0 spiro atoms. The van der Waals surface area contributed by atoms with Gasteiger partial charge in [-0.05, 0) is 31.4 Å². The van der Waals surface area contributed by atoms with Crippen molar-refractivity contribution in [1.29, 1.82) is 0 Å². The number of nitrogens with zero attached hydrogens (tertiary/aromatic N) is 2. The number of hydrogen-bond acceptors (Lipinski definition) is 3. The molecule has 2 aliphatic rings. The summed E-state index contributed by atoms with van der Waals surface area (Å²) >= 11 is 0. The lowest BCUT2D eigenvalue weighted by Gasteiger charge is -2.26. The minimum Gasteiger partial charge on any atom is -0.331 e. The topological polar surface area (TPSA) is 41.6 Å². The Kier molecular flexibility index (Phi) is 2.44. The van der Waals surface area contributed by atoms with Gasteiger partial charge in [-0.15, -0.1) is 0 Å². The SMILES string of the molecule is CC(N)C1(c2ccccc2N2C=NCC2)CC1. The number of benzene rings is 1. The van der Waals surface area contributed by atoms with Crippen LogP contribution in [0, 0.1) is 0 Å². The van der Waals surface area contributed by atoms with E-state index >= 15 is 0 Å². The summed E-state index contributed by atoms with van der Waals surface area (Å²) in [6, 6.07) is 8.87. The number of hydrogen-bond donors (Lipinski definition) is 1. The van der Waals surface area contributed by atoms with Gasteiger partial charge in [0.15, 0.2) is 0 Å². The van der Waals surface area contributed by atoms with Crippen molar-refractivity contribution in [3.8, 4) is 0 Å². The third kappa shape index (κ3) is 1.65. The summed E-state index contributed by atoms with van der Waals surface area (Å²) in [6.45, 7) is 4.02. The molecule has 1 aromatic rings. The van der Waals surface area contributed by atoms with Gasteiger partial charge in [-0.3, -0.25) is 4.99 Å². The summed E-state index contributed by atoms with van der Waals surface area (Å²) in [4.78, 5) is 6.55. The molecule has 1 unspecified atom stereocenters. The second kappa shape index (κ2) is 3.84. The van der Waals surface area contributed by atoms with Gasteiger partial charge >= 0.3 is 0 Å². The summed E-state index contributed by atoms with van der Waals surface area (Å²) in [5.41, 5.74) is 9.10. The molecule has 17 heavy (non-hydrogen) atoms. The number of anilines is 1. The Labute approximate surface area is 102 Å². The van der Waals surface area contributed by atoms with E-state index in [9.17, 15) is 0 Å². The maximum absolute atomic E-state index is 6.18. The van der Waals surface area contributed by atoms with Gasteiger partial charge in [-0.1, -0.05) is 18.2 Å². The fraction of sp³-hybridized carbons (Fsp3) is 0.500. The fourth-order valence-corrected chi connectivity index (χ4v) is 2.81. The van der Waals surface area contributed by atoms with Crippen molar-refractivity contribution in [2.45, 2.75) is 31.2 Å². The van der Waals surface area contributed by atoms with E-state index in [1.807, 2.05) is 6.34 Å². The Hall–Kier alpha value is -1.35. The Balaban J connectivity index is 2.02. The predicted octanol–water partition coefficient (Wildman–Crippen LogP) is 1.91. The van der Waals surface area contributed by atoms with Crippen molar-refractivity contribution in [1.82, 2.24) is 0 Å². The maximum Gasteiger partial charge on any atom is 0.0895 e. The Morgan fingerprint density at radius 3 is 2.71 bits per heavy atom. The molecule has 90 valence electrons. The van der Waals surface area contributed by atoms with Crippen molar-refractivity contribution in [2.24, 2.45) is 10.7 Å². The lowest BCUT2D eigenvalue weighted by atomic mass is 9.88. The van der Waals surface area contributed by atoms with E-state index < -0.39 is 0 Å². The Bertz CT molecular complexity index is 447. The highest BCUT2D eigenvalue weighted by molar-refractivity contribution is 5.83. The third-order valence-electron chi connectivity index (χ3n) is 4.10. The molecule has 0 aromatic heterocycles. The molecule has 0 bridgehead atoms. The van der Waals surface area contributed by atoms with E-state index in [1.54, 1.807) is 0 Å². The van der Waals surface area contributed by atoms with Crippen molar-refractivity contribution >= 4 is 12.0 Å². The molecule has 1 saturated carbocycles. The quantitative estimate of drug-likeness (QED) is 0.860. The van der Waals surface area contributed by atoms with Gasteiger partial charge in [0.05, 0.1) is 12.9 Å². The normalized spacial score (nSPS) is 22.8. The summed E-state index contributed by atoms with van der Waals surface area (Å²) < 4.78 is 0. The Morgan fingerprint density at radius 2 is 2.12 bits per heavy atom. The molecule has 3 rings (SSSR count). The minimum atomic E-state index is 0.215. The second-order valence-corrected chi connectivity index (χ2v) is 5.18. The first-order chi connectivity index (χ1) is 8.24. The number of para-hydroxylation sites is 1. The first kappa shape index (κ1) is 10.8. The molecule has 1 aliphatic carbocycles. The zero-order valence-corrected chi connectivity index (χ0v) is 10.3. The minimum absolute atomic E-state index is 0.215. The largest absolute Gasteiger partial charge is 0.331 e. The highest BCUT2D eigenvalue weighted by Gasteiger charge is 2.48. The standard InChI is InChI=1S/C14H19N3/c1-11(15)14(6-7-14)12-4-2-3-5-13(12)17-9-8-16-10-17/h2-5,10-11H,6-9,15H2,1H3. The number of aliphatic imine (C=N–C) groups is 1. The van der Waals surface area contributed by atoms with Crippen LogP contribution >= 0.6 is 0 Å². The third-order valence-corrected chi connectivity index (χ3v) is 4.10. The second-order valence-electron chi connectivity index (χ2n) is 5.18. The number of nitrogens with two attached hydrogens (primary N) is 1. The summed E-state index contributed by atoms with van der Waals surface area (Å²) in [6.07, 6.45) is 4.38. The van der Waals surface area contributed by atoms with Crippen LogP contribution in [0.25, 0.3) is 0 Å². The van der Waals surface area contributed by atoms with Gasteiger partial charge in [-0.25, -0.2) is 0 Å². The van der Waals surface area contributed by atoms with Gasteiger partial charge in [0, 0.05) is 23.7 Å². The van der Waals surface area contributed by atoms with Crippen LogP contribution in [0.2, 0.25) is 0 Å². The van der Waals surface area contributed by atoms with Crippen molar-refractivity contribution in [2.75, 3.05) is 18.0 Å². The van der Waals surface area contributed by atoms with Crippen LogP contribution in [-0.4, -0.2) is 25.5 Å². The smallest absolute Gasteiger partial charge is 0.0895 e. The van der Waals surface area contributed by atoms with Crippen molar-refractivity contribution in [3.63, 3.8) is 0 Å². The molecule has 1 aliphatic heterocycles. The lowest BCUT2D eigenvalue weighted by Crippen LogP contribution is -2.33. The summed E-state index contributed by atoms with van der Waals surface area (Å²) in [7, 11) is 0. The first-order valence-electron chi connectivity index (χ1n) is 6.36. The van der Waals surface area contributed by atoms with E-state index in [1.165, 1.54) is 24.1 Å². The molecule has 3 heteroatoms. The number of rotatable bonds is 3. The maximum atomic E-state index is 6.18. The van der Waals surface area contributed by atoms with E-state index in [0.717, 1.165) is 13.1 Å².